The highest BCUT2D eigenvalue weighted by Gasteiger charge is 2.02. The van der Waals surface area contributed by atoms with Crippen LogP contribution in [0.5, 0.6) is 0 Å². The second kappa shape index (κ2) is 4.82. The molecule has 0 N–H and O–H groups in total. The summed E-state index contributed by atoms with van der Waals surface area (Å²) in [5.41, 5.74) is 0. The Hall–Kier alpha value is -0.0200. The standard InChI is InChI=1S/C5H6BrClO2/c1-4(7)5(8)9-3-2-6/h1-3H2. The Kier molecular flexibility index (Phi) is 4.81. The molecule has 0 unspecified atom stereocenters. The second-order valence-corrected chi connectivity index (χ2v) is 2.48. The molecule has 52 valence electrons. The van der Waals surface area contributed by atoms with Gasteiger partial charge < -0.3 is 4.74 Å². The minimum Gasteiger partial charge on any atom is -0.461 e. The molecule has 0 saturated carbocycles. The van der Waals surface area contributed by atoms with E-state index >= 15 is 0 Å². The van der Waals surface area contributed by atoms with Crippen LogP contribution in [-0.2, 0) is 9.53 Å². The molecule has 0 aliphatic heterocycles. The molecule has 0 aromatic carbocycles. The normalized spacial score (nSPS) is 8.67. The Morgan fingerprint density at radius 3 is 2.67 bits per heavy atom. The highest BCUT2D eigenvalue weighted by Crippen LogP contribution is 1.99. The summed E-state index contributed by atoms with van der Waals surface area (Å²) in [5.74, 6) is -0.559. The fraction of sp³-hybridized carbons (Fsp3) is 0.400. The van der Waals surface area contributed by atoms with Crippen molar-refractivity contribution in [2.75, 3.05) is 11.9 Å². The number of carbonyl (C=O) groups is 1. The van der Waals surface area contributed by atoms with Gasteiger partial charge in [-0.1, -0.05) is 34.1 Å². The number of hydrogen-bond donors (Lipinski definition) is 0. The average Bonchev–Trinajstić information content (AvgIpc) is 1.82. The molecule has 2 nitrogen and oxygen atoms in total. The minimum atomic E-state index is -0.559. The Morgan fingerprint density at radius 2 is 2.33 bits per heavy atom. The molecule has 0 spiro atoms. The lowest BCUT2D eigenvalue weighted by atomic mass is 10.6. The highest BCUT2D eigenvalue weighted by molar-refractivity contribution is 9.09. The molecule has 0 fully saturated rings. The number of esters is 1. The molecule has 0 atom stereocenters. The van der Waals surface area contributed by atoms with Crippen molar-refractivity contribution in [3.63, 3.8) is 0 Å². The van der Waals surface area contributed by atoms with Crippen LogP contribution in [0.3, 0.4) is 0 Å². The van der Waals surface area contributed by atoms with Crippen LogP contribution >= 0.6 is 27.5 Å². The Balaban J connectivity index is 3.39. The van der Waals surface area contributed by atoms with E-state index < -0.39 is 5.97 Å². The van der Waals surface area contributed by atoms with E-state index in [1.165, 1.54) is 0 Å². The van der Waals surface area contributed by atoms with Gasteiger partial charge in [-0.3, -0.25) is 0 Å². The minimum absolute atomic E-state index is 0.0871. The van der Waals surface area contributed by atoms with Crippen LogP contribution < -0.4 is 0 Å². The first-order chi connectivity index (χ1) is 4.18. The number of halogens is 2. The van der Waals surface area contributed by atoms with E-state index in [1.807, 2.05) is 0 Å². The largest absolute Gasteiger partial charge is 0.461 e. The third-order valence-corrected chi connectivity index (χ3v) is 1.01. The zero-order chi connectivity index (χ0) is 7.28. The molecule has 0 bridgehead atoms. The first-order valence-corrected chi connectivity index (χ1v) is 3.76. The van der Waals surface area contributed by atoms with E-state index in [2.05, 4.69) is 27.2 Å². The molecule has 0 aromatic rings. The van der Waals surface area contributed by atoms with E-state index in [4.69, 9.17) is 11.6 Å². The van der Waals surface area contributed by atoms with Gasteiger partial charge >= 0.3 is 5.97 Å². The summed E-state index contributed by atoms with van der Waals surface area (Å²) >= 11 is 8.26. The Morgan fingerprint density at radius 1 is 1.78 bits per heavy atom. The van der Waals surface area contributed by atoms with Crippen molar-refractivity contribution in [2.24, 2.45) is 0 Å². The molecule has 0 aliphatic rings. The summed E-state index contributed by atoms with van der Waals surface area (Å²) in [5, 5.41) is 0.527. The number of rotatable bonds is 3. The van der Waals surface area contributed by atoms with Gasteiger partial charge in [0.05, 0.1) is 0 Å². The fourth-order valence-electron chi connectivity index (χ4n) is 0.210. The molecular weight excluding hydrogens is 207 g/mol. The van der Waals surface area contributed by atoms with E-state index in [-0.39, 0.29) is 5.03 Å². The maximum absolute atomic E-state index is 10.4. The van der Waals surface area contributed by atoms with E-state index in [0.29, 0.717) is 11.9 Å². The SMILES string of the molecule is C=C(Cl)C(=O)OCCBr. The van der Waals surface area contributed by atoms with Crippen molar-refractivity contribution < 1.29 is 9.53 Å². The lowest BCUT2D eigenvalue weighted by Crippen LogP contribution is -2.05. The van der Waals surface area contributed by atoms with Crippen molar-refractivity contribution in [2.45, 2.75) is 0 Å². The van der Waals surface area contributed by atoms with Gasteiger partial charge in [0, 0.05) is 5.33 Å². The van der Waals surface area contributed by atoms with Crippen molar-refractivity contribution in [1.29, 1.82) is 0 Å². The summed E-state index contributed by atoms with van der Waals surface area (Å²) in [6, 6.07) is 0. The maximum atomic E-state index is 10.4. The number of carbonyl (C=O) groups excluding carboxylic acids is 1. The fourth-order valence-corrected chi connectivity index (χ4v) is 0.426. The molecule has 0 heterocycles. The lowest BCUT2D eigenvalue weighted by Gasteiger charge is -1.97. The van der Waals surface area contributed by atoms with Crippen molar-refractivity contribution in [3.8, 4) is 0 Å². The zero-order valence-corrected chi connectivity index (χ0v) is 7.04. The third-order valence-electron chi connectivity index (χ3n) is 0.532. The van der Waals surface area contributed by atoms with Gasteiger partial charge in [-0.2, -0.15) is 0 Å². The van der Waals surface area contributed by atoms with Gasteiger partial charge in [0.15, 0.2) is 0 Å². The number of ether oxygens (including phenoxy) is 1. The van der Waals surface area contributed by atoms with Crippen molar-refractivity contribution in [3.05, 3.63) is 11.6 Å². The first-order valence-electron chi connectivity index (χ1n) is 2.26. The van der Waals surface area contributed by atoms with Gasteiger partial charge in [-0.15, -0.1) is 0 Å². The van der Waals surface area contributed by atoms with Crippen LogP contribution in [0.25, 0.3) is 0 Å². The van der Waals surface area contributed by atoms with Crippen LogP contribution in [0.2, 0.25) is 0 Å². The van der Waals surface area contributed by atoms with Crippen LogP contribution in [-0.4, -0.2) is 17.9 Å². The molecule has 0 radical (unpaired) electrons. The van der Waals surface area contributed by atoms with Gasteiger partial charge in [0.1, 0.15) is 11.6 Å². The topological polar surface area (TPSA) is 26.3 Å². The summed E-state index contributed by atoms with van der Waals surface area (Å²) in [6.07, 6.45) is 0. The first kappa shape index (κ1) is 8.98. The summed E-state index contributed by atoms with van der Waals surface area (Å²) < 4.78 is 4.54. The molecular formula is C5H6BrClO2. The summed E-state index contributed by atoms with van der Waals surface area (Å²) in [7, 11) is 0. The summed E-state index contributed by atoms with van der Waals surface area (Å²) in [6.45, 7) is 3.51. The maximum Gasteiger partial charge on any atom is 0.349 e. The smallest absolute Gasteiger partial charge is 0.349 e. The predicted molar refractivity (Wildman–Crippen MR) is 39.7 cm³/mol. The molecule has 0 aliphatic carbocycles. The molecule has 0 aromatic heterocycles. The number of hydrogen-bond acceptors (Lipinski definition) is 2. The van der Waals surface area contributed by atoms with E-state index in [1.54, 1.807) is 0 Å². The van der Waals surface area contributed by atoms with Gasteiger partial charge in [0.2, 0.25) is 0 Å². The van der Waals surface area contributed by atoms with Gasteiger partial charge in [-0.05, 0) is 0 Å². The van der Waals surface area contributed by atoms with Crippen LogP contribution in [0.1, 0.15) is 0 Å². The van der Waals surface area contributed by atoms with Crippen molar-refractivity contribution in [1.82, 2.24) is 0 Å². The Labute approximate surface area is 67.0 Å². The predicted octanol–water partition coefficient (Wildman–Crippen LogP) is 1.68. The second-order valence-electron chi connectivity index (χ2n) is 1.23. The van der Waals surface area contributed by atoms with Gasteiger partial charge in [-0.25, -0.2) is 4.79 Å². The third kappa shape index (κ3) is 4.48. The lowest BCUT2D eigenvalue weighted by molar-refractivity contribution is -0.137. The monoisotopic (exact) mass is 212 g/mol. The molecule has 0 saturated heterocycles. The van der Waals surface area contributed by atoms with E-state index in [0.717, 1.165) is 0 Å². The zero-order valence-electron chi connectivity index (χ0n) is 4.69. The molecule has 9 heavy (non-hydrogen) atoms. The van der Waals surface area contributed by atoms with E-state index in [9.17, 15) is 4.79 Å². The highest BCUT2D eigenvalue weighted by atomic mass is 79.9. The van der Waals surface area contributed by atoms with Crippen LogP contribution in [0.15, 0.2) is 11.6 Å². The van der Waals surface area contributed by atoms with Crippen LogP contribution in [0.4, 0.5) is 0 Å². The number of alkyl halides is 1. The van der Waals surface area contributed by atoms with Gasteiger partial charge in [0.25, 0.3) is 0 Å². The molecule has 0 rings (SSSR count). The Bertz CT molecular complexity index is 124. The summed E-state index contributed by atoms with van der Waals surface area (Å²) in [4.78, 5) is 10.4. The molecule has 4 heteroatoms. The molecule has 0 amide bonds. The van der Waals surface area contributed by atoms with Crippen LogP contribution in [0, 0.1) is 0 Å². The van der Waals surface area contributed by atoms with Crippen molar-refractivity contribution >= 4 is 33.5 Å². The average molecular weight is 213 g/mol. The quantitative estimate of drug-likeness (QED) is 0.405.